The number of alkyl carbamates (subject to hydrolysis) is 1. The summed E-state index contributed by atoms with van der Waals surface area (Å²) in [5, 5.41) is 5.65. The largest absolute Gasteiger partial charge is 0.447 e. The number of ether oxygens (including phenoxy) is 3. The Hall–Kier alpha value is -1.18. The lowest BCUT2D eigenvalue weighted by atomic mass is 10.1. The van der Waals surface area contributed by atoms with Crippen LogP contribution in [0.3, 0.4) is 0 Å². The summed E-state index contributed by atoms with van der Waals surface area (Å²) in [4.78, 5) is 22.6. The van der Waals surface area contributed by atoms with Crippen LogP contribution in [0, 0.1) is 0 Å². The molecule has 1 amide bonds. The molecule has 7 heteroatoms. The van der Waals surface area contributed by atoms with E-state index in [0.29, 0.717) is 39.3 Å². The topological polar surface area (TPSA) is 85.9 Å². The van der Waals surface area contributed by atoms with E-state index < -0.39 is 6.09 Å². The zero-order valence-electron chi connectivity index (χ0n) is 12.6. The highest BCUT2D eigenvalue weighted by Gasteiger charge is 2.12. The number of ketones is 1. The predicted octanol–water partition coefficient (Wildman–Crippen LogP) is 0.333. The van der Waals surface area contributed by atoms with Crippen LogP contribution in [0.15, 0.2) is 0 Å². The van der Waals surface area contributed by atoms with Crippen LogP contribution in [0.5, 0.6) is 0 Å². The molecule has 0 fully saturated rings. The number of methoxy groups -OCH3 is 1. The van der Waals surface area contributed by atoms with Gasteiger partial charge in [-0.05, 0) is 19.9 Å². The number of carbonyl (C=O) groups excluding carboxylic acids is 2. The molecule has 0 aliphatic rings. The molecule has 1 atom stereocenters. The molecule has 0 heterocycles. The molecule has 0 radical (unpaired) electrons. The van der Waals surface area contributed by atoms with E-state index in [1.165, 1.54) is 6.92 Å². The summed E-state index contributed by atoms with van der Waals surface area (Å²) in [5.41, 5.74) is 0. The summed E-state index contributed by atoms with van der Waals surface area (Å²) in [7, 11) is 1.59. The maximum absolute atomic E-state index is 11.3. The van der Waals surface area contributed by atoms with Crippen molar-refractivity contribution in [1.29, 1.82) is 0 Å². The van der Waals surface area contributed by atoms with Gasteiger partial charge >= 0.3 is 6.09 Å². The van der Waals surface area contributed by atoms with Gasteiger partial charge < -0.3 is 24.8 Å². The van der Waals surface area contributed by atoms with Gasteiger partial charge in [0.2, 0.25) is 0 Å². The minimum absolute atomic E-state index is 0.0635. The molecule has 0 rings (SSSR count). The van der Waals surface area contributed by atoms with E-state index in [9.17, 15) is 9.59 Å². The van der Waals surface area contributed by atoms with Crippen molar-refractivity contribution in [2.45, 2.75) is 26.3 Å². The van der Waals surface area contributed by atoms with E-state index in [1.807, 2.05) is 6.92 Å². The lowest BCUT2D eigenvalue weighted by Gasteiger charge is -2.14. The Balaban J connectivity index is 3.54. The summed E-state index contributed by atoms with van der Waals surface area (Å²) < 4.78 is 14.9. The van der Waals surface area contributed by atoms with Crippen molar-refractivity contribution < 1.29 is 23.8 Å². The highest BCUT2D eigenvalue weighted by Crippen LogP contribution is 1.93. The van der Waals surface area contributed by atoms with E-state index in [4.69, 9.17) is 14.2 Å². The first-order chi connectivity index (χ1) is 9.61. The number of nitrogens with one attached hydrogen (secondary N) is 2. The fourth-order valence-corrected chi connectivity index (χ4v) is 1.50. The monoisotopic (exact) mass is 290 g/mol. The standard InChI is InChI=1S/C13H26N2O5/c1-4-14-12(11(2)16)5-6-15-13(17)20-10-9-19-8-7-18-3/h12,14H,4-10H2,1-3H3,(H,15,17). The minimum atomic E-state index is -0.501. The minimum Gasteiger partial charge on any atom is -0.447 e. The van der Waals surface area contributed by atoms with Crippen molar-refractivity contribution in [3.05, 3.63) is 0 Å². The number of amides is 1. The molecule has 20 heavy (non-hydrogen) atoms. The normalized spacial score (nSPS) is 11.9. The van der Waals surface area contributed by atoms with Gasteiger partial charge in [0.25, 0.3) is 0 Å². The number of carbonyl (C=O) groups is 2. The summed E-state index contributed by atoms with van der Waals surface area (Å²) in [5.74, 6) is 0.0635. The van der Waals surface area contributed by atoms with Gasteiger partial charge in [0.15, 0.2) is 0 Å². The lowest BCUT2D eigenvalue weighted by Crippen LogP contribution is -2.39. The second-order valence-electron chi connectivity index (χ2n) is 4.18. The molecule has 0 aromatic heterocycles. The smallest absolute Gasteiger partial charge is 0.407 e. The number of Topliss-reactive ketones (excluding diaryl/α,β-unsaturated/α-hetero) is 1. The van der Waals surface area contributed by atoms with Crippen molar-refractivity contribution in [3.8, 4) is 0 Å². The van der Waals surface area contributed by atoms with Gasteiger partial charge in [-0.2, -0.15) is 0 Å². The Morgan fingerprint density at radius 1 is 1.15 bits per heavy atom. The van der Waals surface area contributed by atoms with Gasteiger partial charge in [-0.15, -0.1) is 0 Å². The summed E-state index contributed by atoms with van der Waals surface area (Å²) in [6.07, 6.45) is 0.0435. The highest BCUT2D eigenvalue weighted by atomic mass is 16.6. The number of hydrogen-bond acceptors (Lipinski definition) is 6. The third kappa shape index (κ3) is 10.7. The molecule has 0 saturated carbocycles. The Morgan fingerprint density at radius 3 is 2.45 bits per heavy atom. The second kappa shape index (κ2) is 12.8. The van der Waals surface area contributed by atoms with Gasteiger partial charge in [-0.3, -0.25) is 4.79 Å². The molecule has 0 saturated heterocycles. The molecule has 0 aliphatic heterocycles. The van der Waals surface area contributed by atoms with Crippen LogP contribution in [-0.4, -0.2) is 64.5 Å². The third-order valence-electron chi connectivity index (χ3n) is 2.54. The summed E-state index contributed by atoms with van der Waals surface area (Å²) in [6.45, 7) is 6.09. The third-order valence-corrected chi connectivity index (χ3v) is 2.54. The number of hydrogen-bond donors (Lipinski definition) is 2. The van der Waals surface area contributed by atoms with Crippen LogP contribution in [0.1, 0.15) is 20.3 Å². The molecule has 7 nitrogen and oxygen atoms in total. The molecule has 2 N–H and O–H groups in total. The van der Waals surface area contributed by atoms with Crippen LogP contribution < -0.4 is 10.6 Å². The van der Waals surface area contributed by atoms with Gasteiger partial charge in [0.1, 0.15) is 12.4 Å². The maximum atomic E-state index is 11.3. The zero-order valence-corrected chi connectivity index (χ0v) is 12.6. The van der Waals surface area contributed by atoms with Crippen LogP contribution in [0.4, 0.5) is 4.79 Å². The molecule has 0 bridgehead atoms. The Bertz CT molecular complexity index is 273. The first-order valence-electron chi connectivity index (χ1n) is 6.83. The van der Waals surface area contributed by atoms with Crippen LogP contribution >= 0.6 is 0 Å². The highest BCUT2D eigenvalue weighted by molar-refractivity contribution is 5.81. The van der Waals surface area contributed by atoms with Crippen molar-refractivity contribution in [1.82, 2.24) is 10.6 Å². The SMILES string of the molecule is CCNC(CCNC(=O)OCCOCCOC)C(C)=O. The van der Waals surface area contributed by atoms with E-state index in [-0.39, 0.29) is 18.4 Å². The van der Waals surface area contributed by atoms with E-state index in [1.54, 1.807) is 7.11 Å². The van der Waals surface area contributed by atoms with Gasteiger partial charge in [0.05, 0.1) is 25.9 Å². The first-order valence-corrected chi connectivity index (χ1v) is 6.83. The zero-order chi connectivity index (χ0) is 15.2. The fraction of sp³-hybridized carbons (Fsp3) is 0.846. The average molecular weight is 290 g/mol. The van der Waals surface area contributed by atoms with Crippen molar-refractivity contribution in [2.75, 3.05) is 46.6 Å². The van der Waals surface area contributed by atoms with Gasteiger partial charge in [0, 0.05) is 13.7 Å². The Morgan fingerprint density at radius 2 is 1.85 bits per heavy atom. The molecule has 0 aromatic rings. The maximum Gasteiger partial charge on any atom is 0.407 e. The Labute approximate surface area is 120 Å². The van der Waals surface area contributed by atoms with Crippen LogP contribution in [-0.2, 0) is 19.0 Å². The van der Waals surface area contributed by atoms with Crippen molar-refractivity contribution in [3.63, 3.8) is 0 Å². The second-order valence-corrected chi connectivity index (χ2v) is 4.18. The number of likely N-dealkylation sites (N-methyl/N-ethyl adjacent to an activating group) is 1. The molecule has 118 valence electrons. The molecular weight excluding hydrogens is 264 g/mol. The van der Waals surface area contributed by atoms with E-state index in [0.717, 1.165) is 0 Å². The molecule has 0 aromatic carbocycles. The van der Waals surface area contributed by atoms with Crippen molar-refractivity contribution in [2.24, 2.45) is 0 Å². The molecular formula is C13H26N2O5. The summed E-state index contributed by atoms with van der Waals surface area (Å²) in [6, 6.07) is -0.224. The predicted molar refractivity (Wildman–Crippen MR) is 74.8 cm³/mol. The molecule has 0 spiro atoms. The summed E-state index contributed by atoms with van der Waals surface area (Å²) >= 11 is 0. The number of rotatable bonds is 12. The quantitative estimate of drug-likeness (QED) is 0.504. The van der Waals surface area contributed by atoms with Crippen LogP contribution in [0.2, 0.25) is 0 Å². The van der Waals surface area contributed by atoms with E-state index in [2.05, 4.69) is 10.6 Å². The average Bonchev–Trinajstić information content (AvgIpc) is 2.41. The first kappa shape index (κ1) is 18.8. The van der Waals surface area contributed by atoms with E-state index >= 15 is 0 Å². The van der Waals surface area contributed by atoms with Gasteiger partial charge in [-0.1, -0.05) is 6.92 Å². The fourth-order valence-electron chi connectivity index (χ4n) is 1.50. The molecule has 0 aliphatic carbocycles. The molecule has 1 unspecified atom stereocenters. The Kier molecular flexibility index (Phi) is 12.1. The lowest BCUT2D eigenvalue weighted by molar-refractivity contribution is -0.119. The van der Waals surface area contributed by atoms with Gasteiger partial charge in [-0.25, -0.2) is 4.79 Å². The van der Waals surface area contributed by atoms with Crippen molar-refractivity contribution >= 4 is 11.9 Å². The van der Waals surface area contributed by atoms with Crippen LogP contribution in [0.25, 0.3) is 0 Å².